The summed E-state index contributed by atoms with van der Waals surface area (Å²) in [7, 11) is 5.38. The number of nitrogens with zero attached hydrogens (tertiary/aromatic N) is 3. The number of carbonyl (C=O) groups excluding carboxylic acids is 2. The van der Waals surface area contributed by atoms with E-state index in [1.54, 1.807) is 31.3 Å². The van der Waals surface area contributed by atoms with Crippen molar-refractivity contribution in [2.24, 2.45) is 10.9 Å². The van der Waals surface area contributed by atoms with Gasteiger partial charge in [0.15, 0.2) is 0 Å². The number of carbonyl (C=O) groups is 2. The molecule has 0 fully saturated rings. The molecule has 2 atom stereocenters. The third-order valence-electron chi connectivity index (χ3n) is 6.22. The highest BCUT2D eigenvalue weighted by Crippen LogP contribution is 2.31. The lowest BCUT2D eigenvalue weighted by atomic mass is 9.99. The molecule has 1 aliphatic rings. The van der Waals surface area contributed by atoms with Crippen molar-refractivity contribution in [1.29, 1.82) is 0 Å². The Morgan fingerprint density at radius 3 is 2.39 bits per heavy atom. The monoisotopic (exact) mass is 502 g/mol. The van der Waals surface area contributed by atoms with Crippen molar-refractivity contribution in [3.8, 4) is 0 Å². The summed E-state index contributed by atoms with van der Waals surface area (Å²) in [6.07, 6.45) is -2.05. The van der Waals surface area contributed by atoms with Crippen LogP contribution in [0.1, 0.15) is 49.3 Å². The van der Waals surface area contributed by atoms with E-state index in [0.717, 1.165) is 31.4 Å². The first kappa shape index (κ1) is 27.4. The van der Waals surface area contributed by atoms with Gasteiger partial charge in [-0.3, -0.25) is 9.59 Å². The molecule has 36 heavy (non-hydrogen) atoms. The normalized spacial score (nSPS) is 16.9. The van der Waals surface area contributed by atoms with Crippen LogP contribution in [0, 0.1) is 5.92 Å². The molecular formula is C27H33F3N4O2. The van der Waals surface area contributed by atoms with Gasteiger partial charge in [-0.1, -0.05) is 56.5 Å². The number of rotatable bonds is 9. The molecule has 0 aromatic heterocycles. The lowest BCUT2D eigenvalue weighted by Gasteiger charge is -2.24. The number of amides is 2. The molecule has 194 valence electrons. The van der Waals surface area contributed by atoms with E-state index in [9.17, 15) is 22.8 Å². The summed E-state index contributed by atoms with van der Waals surface area (Å²) in [4.78, 5) is 34.6. The highest BCUT2D eigenvalue weighted by atomic mass is 19.4. The lowest BCUT2D eigenvalue weighted by Crippen LogP contribution is -2.49. The van der Waals surface area contributed by atoms with Crippen molar-refractivity contribution >= 4 is 23.2 Å². The van der Waals surface area contributed by atoms with Crippen molar-refractivity contribution in [3.63, 3.8) is 0 Å². The van der Waals surface area contributed by atoms with Gasteiger partial charge in [-0.25, -0.2) is 4.99 Å². The molecule has 6 nitrogen and oxygen atoms in total. The summed E-state index contributed by atoms with van der Waals surface area (Å²) in [6, 6.07) is 11.7. The molecule has 0 saturated carbocycles. The number of fused-ring (bicyclic) bond motifs is 1. The SMILES string of the molecule is CCCCC[C@@H](CN(C)C)C(=O)NC1N=C(c2ccc(C(F)(F)F)cc2)c2ccccc2N(C)C1=O. The molecule has 1 heterocycles. The Hall–Kier alpha value is -3.20. The molecule has 2 aromatic rings. The van der Waals surface area contributed by atoms with Crippen LogP contribution in [0.25, 0.3) is 0 Å². The van der Waals surface area contributed by atoms with Crippen LogP contribution in [-0.2, 0) is 15.8 Å². The Morgan fingerprint density at radius 1 is 1.11 bits per heavy atom. The Morgan fingerprint density at radius 2 is 1.78 bits per heavy atom. The van der Waals surface area contributed by atoms with Crippen LogP contribution < -0.4 is 10.2 Å². The van der Waals surface area contributed by atoms with E-state index in [-0.39, 0.29) is 11.8 Å². The number of para-hydroxylation sites is 1. The van der Waals surface area contributed by atoms with Gasteiger partial charge in [-0.15, -0.1) is 0 Å². The van der Waals surface area contributed by atoms with Gasteiger partial charge in [-0.2, -0.15) is 13.2 Å². The minimum Gasteiger partial charge on any atom is -0.326 e. The van der Waals surface area contributed by atoms with Gasteiger partial charge in [0.1, 0.15) is 0 Å². The number of unbranched alkanes of at least 4 members (excludes halogenated alkanes) is 2. The zero-order valence-corrected chi connectivity index (χ0v) is 21.1. The maximum absolute atomic E-state index is 13.4. The smallest absolute Gasteiger partial charge is 0.326 e. The molecule has 0 saturated heterocycles. The molecule has 9 heteroatoms. The van der Waals surface area contributed by atoms with Gasteiger partial charge >= 0.3 is 6.18 Å². The second kappa shape index (κ2) is 11.7. The van der Waals surface area contributed by atoms with Crippen LogP contribution >= 0.6 is 0 Å². The van der Waals surface area contributed by atoms with Crippen LogP contribution in [-0.4, -0.2) is 56.3 Å². The van der Waals surface area contributed by atoms with E-state index >= 15 is 0 Å². The molecule has 0 spiro atoms. The second-order valence-electron chi connectivity index (χ2n) is 9.33. The Kier molecular flexibility index (Phi) is 8.89. The lowest BCUT2D eigenvalue weighted by molar-refractivity contribution is -0.137. The zero-order chi connectivity index (χ0) is 26.5. The number of aliphatic imine (C=N–C) groups is 1. The van der Waals surface area contributed by atoms with E-state index in [0.29, 0.717) is 35.5 Å². The average molecular weight is 503 g/mol. The quantitative estimate of drug-likeness (QED) is 0.505. The summed E-state index contributed by atoms with van der Waals surface area (Å²) in [5.74, 6) is -1.01. The molecule has 3 rings (SSSR count). The highest BCUT2D eigenvalue weighted by molar-refractivity contribution is 6.20. The van der Waals surface area contributed by atoms with Gasteiger partial charge in [-0.05, 0) is 38.7 Å². The number of likely N-dealkylation sites (N-methyl/N-ethyl adjacent to an activating group) is 1. The number of benzene rings is 2. The van der Waals surface area contributed by atoms with E-state index in [1.807, 2.05) is 19.0 Å². The van der Waals surface area contributed by atoms with E-state index in [1.165, 1.54) is 17.0 Å². The van der Waals surface area contributed by atoms with Crippen LogP contribution in [0.15, 0.2) is 53.5 Å². The predicted molar refractivity (Wildman–Crippen MR) is 135 cm³/mol. The van der Waals surface area contributed by atoms with Crippen molar-refractivity contribution in [2.45, 2.75) is 44.9 Å². The summed E-state index contributed by atoms with van der Waals surface area (Å²) in [5, 5.41) is 2.82. The maximum Gasteiger partial charge on any atom is 0.416 e. The zero-order valence-electron chi connectivity index (χ0n) is 21.1. The first-order chi connectivity index (χ1) is 17.0. The van der Waals surface area contributed by atoms with Crippen molar-refractivity contribution in [3.05, 3.63) is 65.2 Å². The summed E-state index contributed by atoms with van der Waals surface area (Å²) in [6.45, 7) is 2.62. The van der Waals surface area contributed by atoms with Crippen LogP contribution in [0.5, 0.6) is 0 Å². The standard InChI is InChI=1S/C27H33F3N4O2/c1-5-6-7-10-19(17-33(2)3)25(35)32-24-26(36)34(4)22-12-9-8-11-21(22)23(31-24)18-13-15-20(16-14-18)27(28,29)30/h8-9,11-16,19,24H,5-7,10,17H2,1-4H3,(H,32,35)/t19-,24?/m0/s1. The molecule has 0 radical (unpaired) electrons. The Labute approximate surface area is 210 Å². The Bertz CT molecular complexity index is 1100. The van der Waals surface area contributed by atoms with Gasteiger partial charge in [0.2, 0.25) is 12.1 Å². The first-order valence-corrected chi connectivity index (χ1v) is 12.1. The molecule has 0 aliphatic carbocycles. The molecule has 1 unspecified atom stereocenters. The summed E-state index contributed by atoms with van der Waals surface area (Å²) < 4.78 is 39.4. The van der Waals surface area contributed by atoms with Gasteiger partial charge in [0.25, 0.3) is 5.91 Å². The number of anilines is 1. The molecule has 0 bridgehead atoms. The van der Waals surface area contributed by atoms with Crippen LogP contribution in [0.3, 0.4) is 0 Å². The van der Waals surface area contributed by atoms with Crippen molar-refractivity contribution in [2.75, 3.05) is 32.6 Å². The minimum absolute atomic E-state index is 0.270. The number of alkyl halides is 3. The number of halogens is 3. The Balaban J connectivity index is 1.99. The molecule has 2 amide bonds. The fourth-order valence-corrected chi connectivity index (χ4v) is 4.30. The predicted octanol–water partition coefficient (Wildman–Crippen LogP) is 4.72. The third kappa shape index (κ3) is 6.51. The van der Waals surface area contributed by atoms with Crippen molar-refractivity contribution in [1.82, 2.24) is 10.2 Å². The first-order valence-electron chi connectivity index (χ1n) is 12.1. The second-order valence-corrected chi connectivity index (χ2v) is 9.33. The van der Waals surface area contributed by atoms with E-state index < -0.39 is 23.8 Å². The number of benzodiazepines with no additional fused rings is 1. The molecular weight excluding hydrogens is 469 g/mol. The topological polar surface area (TPSA) is 65.0 Å². The number of nitrogens with one attached hydrogen (secondary N) is 1. The van der Waals surface area contributed by atoms with Crippen LogP contribution in [0.2, 0.25) is 0 Å². The minimum atomic E-state index is -4.46. The van der Waals surface area contributed by atoms with E-state index in [4.69, 9.17) is 0 Å². The highest BCUT2D eigenvalue weighted by Gasteiger charge is 2.34. The van der Waals surface area contributed by atoms with E-state index in [2.05, 4.69) is 17.2 Å². The fourth-order valence-electron chi connectivity index (χ4n) is 4.30. The average Bonchev–Trinajstić information content (AvgIpc) is 2.93. The van der Waals surface area contributed by atoms with Crippen LogP contribution in [0.4, 0.5) is 18.9 Å². The van der Waals surface area contributed by atoms with Crippen molar-refractivity contribution < 1.29 is 22.8 Å². The maximum atomic E-state index is 13.4. The molecule has 1 aliphatic heterocycles. The van der Waals surface area contributed by atoms with Gasteiger partial charge in [0.05, 0.1) is 22.9 Å². The third-order valence-corrected chi connectivity index (χ3v) is 6.22. The largest absolute Gasteiger partial charge is 0.416 e. The van der Waals surface area contributed by atoms with Gasteiger partial charge < -0.3 is 15.1 Å². The fraction of sp³-hybridized carbons (Fsp3) is 0.444. The number of hydrogen-bond donors (Lipinski definition) is 1. The summed E-state index contributed by atoms with van der Waals surface area (Å²) >= 11 is 0. The summed E-state index contributed by atoms with van der Waals surface area (Å²) in [5.41, 5.74) is 1.15. The number of hydrogen-bond acceptors (Lipinski definition) is 4. The molecule has 2 aromatic carbocycles. The molecule has 1 N–H and O–H groups in total. The van der Waals surface area contributed by atoms with Gasteiger partial charge in [0, 0.05) is 24.7 Å².